The number of anilines is 1. The van der Waals surface area contributed by atoms with E-state index >= 15 is 0 Å². The number of aromatic nitrogens is 2. The summed E-state index contributed by atoms with van der Waals surface area (Å²) in [6, 6.07) is 21.9. The predicted octanol–water partition coefficient (Wildman–Crippen LogP) is 6.56. The van der Waals surface area contributed by atoms with Gasteiger partial charge in [0.15, 0.2) is 0 Å². The summed E-state index contributed by atoms with van der Waals surface area (Å²) in [5, 5.41) is 4.05. The number of amides is 2. The first-order valence-corrected chi connectivity index (χ1v) is 12.2. The number of nitrogens with one attached hydrogen (secondary N) is 1. The minimum atomic E-state index is -0.434. The maximum Gasteiger partial charge on any atom is 0.322 e. The van der Waals surface area contributed by atoms with Crippen LogP contribution < -0.4 is 10.9 Å². The Hall–Kier alpha value is -3.64. The number of carbonyl (C=O) groups excluding carboxylic acids is 1. The van der Waals surface area contributed by atoms with E-state index in [1.807, 2.05) is 75.4 Å². The Bertz CT molecular complexity index is 1400. The topological polar surface area (TPSA) is 67.2 Å². The fourth-order valence-electron chi connectivity index (χ4n) is 4.34. The summed E-state index contributed by atoms with van der Waals surface area (Å²) in [4.78, 5) is 33.6. The van der Waals surface area contributed by atoms with Gasteiger partial charge >= 0.3 is 6.03 Å². The van der Waals surface area contributed by atoms with Crippen LogP contribution in [0.4, 0.5) is 10.5 Å². The number of fused-ring (bicyclic) bond motifs is 1. The Balaban J connectivity index is 1.82. The normalized spacial score (nSPS) is 11.9. The molecule has 1 heterocycles. The molecular formula is C28H29ClN4O2. The number of hydrogen-bond donors (Lipinski definition) is 1. The molecule has 1 N–H and O–H groups in total. The number of hydrogen-bond acceptors (Lipinski definition) is 3. The summed E-state index contributed by atoms with van der Waals surface area (Å²) in [6.45, 7) is 6.70. The first-order valence-electron chi connectivity index (χ1n) is 11.8. The van der Waals surface area contributed by atoms with Gasteiger partial charge in [-0.25, -0.2) is 9.78 Å². The molecule has 2 amide bonds. The molecule has 1 unspecified atom stereocenters. The van der Waals surface area contributed by atoms with Crippen molar-refractivity contribution in [1.82, 2.24) is 14.5 Å². The van der Waals surface area contributed by atoms with E-state index in [2.05, 4.69) is 5.32 Å². The van der Waals surface area contributed by atoms with Crippen molar-refractivity contribution < 1.29 is 4.79 Å². The highest BCUT2D eigenvalue weighted by atomic mass is 35.5. The molecule has 6 nitrogen and oxygen atoms in total. The Morgan fingerprint density at radius 2 is 1.83 bits per heavy atom. The van der Waals surface area contributed by atoms with Gasteiger partial charge in [-0.15, -0.1) is 0 Å². The lowest BCUT2D eigenvalue weighted by Gasteiger charge is -2.32. The molecule has 4 aromatic rings. The quantitative estimate of drug-likeness (QED) is 0.320. The maximum atomic E-state index is 13.7. The van der Waals surface area contributed by atoms with Crippen LogP contribution in [0, 0.1) is 6.92 Å². The molecule has 4 rings (SSSR count). The van der Waals surface area contributed by atoms with E-state index in [4.69, 9.17) is 16.6 Å². The lowest BCUT2D eigenvalue weighted by Crippen LogP contribution is -2.40. The van der Waals surface area contributed by atoms with Crippen LogP contribution in [0.3, 0.4) is 0 Å². The zero-order valence-corrected chi connectivity index (χ0v) is 20.9. The van der Waals surface area contributed by atoms with Crippen LogP contribution in [0.25, 0.3) is 10.9 Å². The highest BCUT2D eigenvalue weighted by molar-refractivity contribution is 6.31. The van der Waals surface area contributed by atoms with Crippen LogP contribution >= 0.6 is 11.6 Å². The van der Waals surface area contributed by atoms with E-state index < -0.39 is 6.04 Å². The fraction of sp³-hybridized carbons (Fsp3) is 0.250. The van der Waals surface area contributed by atoms with Gasteiger partial charge in [0, 0.05) is 23.8 Å². The van der Waals surface area contributed by atoms with E-state index in [1.165, 1.54) is 0 Å². The van der Waals surface area contributed by atoms with Gasteiger partial charge in [0.25, 0.3) is 5.56 Å². The number of halogens is 1. The molecule has 0 fully saturated rings. The van der Waals surface area contributed by atoms with E-state index in [0.717, 1.165) is 11.1 Å². The summed E-state index contributed by atoms with van der Waals surface area (Å²) >= 11 is 6.21. The maximum absolute atomic E-state index is 13.7. The van der Waals surface area contributed by atoms with Crippen LogP contribution in [0.15, 0.2) is 77.6 Å². The Kier molecular flexibility index (Phi) is 7.51. The first-order chi connectivity index (χ1) is 16.9. The Morgan fingerprint density at radius 3 is 2.51 bits per heavy atom. The number of aryl methyl sites for hydroxylation is 1. The van der Waals surface area contributed by atoms with Crippen LogP contribution in [-0.4, -0.2) is 20.5 Å². The van der Waals surface area contributed by atoms with E-state index in [0.29, 0.717) is 46.9 Å². The molecule has 1 aromatic heterocycles. The molecule has 7 heteroatoms. The predicted molar refractivity (Wildman–Crippen MR) is 142 cm³/mol. The molecule has 0 saturated heterocycles. The van der Waals surface area contributed by atoms with Gasteiger partial charge in [-0.3, -0.25) is 9.36 Å². The lowest BCUT2D eigenvalue weighted by atomic mass is 10.1. The third-order valence-electron chi connectivity index (χ3n) is 6.05. The molecule has 0 aliphatic rings. The van der Waals surface area contributed by atoms with Crippen molar-refractivity contribution >= 4 is 34.2 Å². The third-order valence-corrected chi connectivity index (χ3v) is 6.29. The van der Waals surface area contributed by atoms with Crippen molar-refractivity contribution in [3.8, 4) is 0 Å². The van der Waals surface area contributed by atoms with Gasteiger partial charge in [0.2, 0.25) is 0 Å². The van der Waals surface area contributed by atoms with E-state index in [1.54, 1.807) is 27.7 Å². The van der Waals surface area contributed by atoms with Crippen molar-refractivity contribution in [2.75, 3.05) is 5.32 Å². The molecule has 1 atom stereocenters. The second-order valence-electron chi connectivity index (χ2n) is 8.52. The Labute approximate surface area is 210 Å². The molecule has 0 saturated carbocycles. The van der Waals surface area contributed by atoms with Crippen LogP contribution in [0.2, 0.25) is 5.02 Å². The SMILES string of the molecule is CCC(c1nc2cc(Cl)ccc2c(=O)n1CC)N(Cc1ccccc1)C(=O)Nc1cccc(C)c1. The van der Waals surface area contributed by atoms with Gasteiger partial charge in [-0.1, -0.05) is 61.0 Å². The van der Waals surface area contributed by atoms with Gasteiger partial charge < -0.3 is 10.2 Å². The Morgan fingerprint density at radius 1 is 1.06 bits per heavy atom. The molecule has 0 aliphatic carbocycles. The zero-order chi connectivity index (χ0) is 24.9. The van der Waals surface area contributed by atoms with Crippen molar-refractivity contribution in [2.24, 2.45) is 0 Å². The van der Waals surface area contributed by atoms with Crippen LogP contribution in [0.1, 0.15) is 43.3 Å². The lowest BCUT2D eigenvalue weighted by molar-refractivity contribution is 0.175. The second kappa shape index (κ2) is 10.7. The molecule has 3 aromatic carbocycles. The molecular weight excluding hydrogens is 460 g/mol. The highest BCUT2D eigenvalue weighted by Crippen LogP contribution is 2.27. The average molecular weight is 489 g/mol. The molecule has 0 aliphatic heterocycles. The average Bonchev–Trinajstić information content (AvgIpc) is 2.84. The fourth-order valence-corrected chi connectivity index (χ4v) is 4.50. The highest BCUT2D eigenvalue weighted by Gasteiger charge is 2.29. The smallest absolute Gasteiger partial charge is 0.310 e. The molecule has 35 heavy (non-hydrogen) atoms. The largest absolute Gasteiger partial charge is 0.322 e. The third kappa shape index (κ3) is 5.38. The van der Waals surface area contributed by atoms with Crippen molar-refractivity contribution in [3.05, 3.63) is 105 Å². The number of carbonyl (C=O) groups is 1. The standard InChI is InChI=1S/C28H29ClN4O2/c1-4-25(26-31-24-17-21(29)14-15-23(24)27(34)32(26)5-2)33(18-20-11-7-6-8-12-20)28(35)30-22-13-9-10-19(3)16-22/h6-17,25H,4-5,18H2,1-3H3,(H,30,35). The van der Waals surface area contributed by atoms with Gasteiger partial charge in [0.05, 0.1) is 16.9 Å². The number of urea groups is 1. The van der Waals surface area contributed by atoms with Gasteiger partial charge in [-0.2, -0.15) is 0 Å². The minimum absolute atomic E-state index is 0.138. The number of benzene rings is 3. The van der Waals surface area contributed by atoms with E-state index in [-0.39, 0.29) is 11.6 Å². The van der Waals surface area contributed by atoms with Crippen LogP contribution in [-0.2, 0) is 13.1 Å². The monoisotopic (exact) mass is 488 g/mol. The molecule has 0 bridgehead atoms. The summed E-state index contributed by atoms with van der Waals surface area (Å²) < 4.78 is 1.66. The summed E-state index contributed by atoms with van der Waals surface area (Å²) in [7, 11) is 0. The molecule has 0 radical (unpaired) electrons. The summed E-state index contributed by atoms with van der Waals surface area (Å²) in [5.41, 5.74) is 3.15. The van der Waals surface area contributed by atoms with Crippen molar-refractivity contribution in [1.29, 1.82) is 0 Å². The minimum Gasteiger partial charge on any atom is -0.310 e. The van der Waals surface area contributed by atoms with Gasteiger partial charge in [0.1, 0.15) is 5.82 Å². The molecule has 0 spiro atoms. The van der Waals surface area contributed by atoms with Crippen molar-refractivity contribution in [2.45, 2.75) is 46.3 Å². The van der Waals surface area contributed by atoms with Gasteiger partial charge in [-0.05, 0) is 61.7 Å². The van der Waals surface area contributed by atoms with Crippen molar-refractivity contribution in [3.63, 3.8) is 0 Å². The zero-order valence-electron chi connectivity index (χ0n) is 20.2. The number of rotatable bonds is 7. The number of nitrogens with zero attached hydrogens (tertiary/aromatic N) is 3. The second-order valence-corrected chi connectivity index (χ2v) is 8.95. The van der Waals surface area contributed by atoms with Crippen LogP contribution in [0.5, 0.6) is 0 Å². The molecule has 180 valence electrons. The summed E-state index contributed by atoms with van der Waals surface area (Å²) in [5.74, 6) is 0.546. The van der Waals surface area contributed by atoms with E-state index in [9.17, 15) is 9.59 Å². The summed E-state index contributed by atoms with van der Waals surface area (Å²) in [6.07, 6.45) is 0.576. The first kappa shape index (κ1) is 24.5.